The molecule has 0 aliphatic carbocycles. The van der Waals surface area contributed by atoms with E-state index in [1.807, 2.05) is 19.1 Å². The van der Waals surface area contributed by atoms with Crippen molar-refractivity contribution in [2.45, 2.75) is 19.9 Å². The second-order valence-corrected chi connectivity index (χ2v) is 9.79. The maximum Gasteiger partial charge on any atom is 0.319 e. The van der Waals surface area contributed by atoms with E-state index < -0.39 is 10.0 Å². The molecule has 0 radical (unpaired) electrons. The molecule has 1 saturated heterocycles. The Morgan fingerprint density at radius 3 is 2.50 bits per heavy atom. The zero-order chi connectivity index (χ0) is 22.7. The van der Waals surface area contributed by atoms with Crippen LogP contribution in [0.25, 0.3) is 11.4 Å². The lowest BCUT2D eigenvalue weighted by Gasteiger charge is -2.33. The summed E-state index contributed by atoms with van der Waals surface area (Å²) < 4.78 is 31.2. The van der Waals surface area contributed by atoms with Gasteiger partial charge in [0.25, 0.3) is 0 Å². The summed E-state index contributed by atoms with van der Waals surface area (Å²) >= 11 is 0. The van der Waals surface area contributed by atoms with Crippen molar-refractivity contribution in [1.82, 2.24) is 19.6 Å². The van der Waals surface area contributed by atoms with Crippen LogP contribution >= 0.6 is 0 Å². The molecular formula is C21H28N6O4S. The predicted molar refractivity (Wildman–Crippen MR) is 122 cm³/mol. The minimum atomic E-state index is -3.31. The third kappa shape index (κ3) is 5.00. The third-order valence-corrected chi connectivity index (χ3v) is 6.78. The Kier molecular flexibility index (Phi) is 6.58. The highest BCUT2D eigenvalue weighted by Gasteiger charge is 2.29. The van der Waals surface area contributed by atoms with Crippen LogP contribution in [-0.2, 0) is 27.7 Å². The summed E-state index contributed by atoms with van der Waals surface area (Å²) in [6.45, 7) is 5.77. The van der Waals surface area contributed by atoms with Gasteiger partial charge in [-0.15, -0.1) is 0 Å². The molecule has 0 saturated carbocycles. The summed E-state index contributed by atoms with van der Waals surface area (Å²) in [5.41, 5.74) is 3.19. The number of ether oxygens (including phenoxy) is 1. The van der Waals surface area contributed by atoms with E-state index in [2.05, 4.69) is 15.5 Å². The molecule has 1 aromatic carbocycles. The van der Waals surface area contributed by atoms with Crippen molar-refractivity contribution in [1.29, 1.82) is 0 Å². The van der Waals surface area contributed by atoms with Gasteiger partial charge in [-0.25, -0.2) is 23.2 Å². The van der Waals surface area contributed by atoms with Crippen molar-refractivity contribution >= 4 is 27.6 Å². The number of hydrogen-bond acceptors (Lipinski definition) is 7. The summed E-state index contributed by atoms with van der Waals surface area (Å²) in [6, 6.07) is 7.03. The molecule has 3 heterocycles. The van der Waals surface area contributed by atoms with E-state index in [1.54, 1.807) is 12.1 Å². The summed E-state index contributed by atoms with van der Waals surface area (Å²) in [7, 11) is -3.31. The SMILES string of the molecule is CCNC(=O)Nc1ccc(-c2nc3c(c(N4CCOCC4)n2)CCN(S(C)(=O)=O)C3)cc1. The molecule has 4 rings (SSSR count). The molecule has 0 bridgehead atoms. The molecular weight excluding hydrogens is 432 g/mol. The molecule has 0 spiro atoms. The number of anilines is 2. The van der Waals surface area contributed by atoms with Crippen molar-refractivity contribution in [2.24, 2.45) is 0 Å². The van der Waals surface area contributed by atoms with Gasteiger partial charge < -0.3 is 20.3 Å². The highest BCUT2D eigenvalue weighted by molar-refractivity contribution is 7.88. The molecule has 10 nitrogen and oxygen atoms in total. The molecule has 0 unspecified atom stereocenters. The fourth-order valence-corrected chi connectivity index (χ4v) is 4.65. The normalized spacial score (nSPS) is 17.0. The van der Waals surface area contributed by atoms with E-state index in [1.165, 1.54) is 10.6 Å². The van der Waals surface area contributed by atoms with Gasteiger partial charge in [-0.2, -0.15) is 4.31 Å². The van der Waals surface area contributed by atoms with Crippen molar-refractivity contribution in [3.8, 4) is 11.4 Å². The first-order valence-electron chi connectivity index (χ1n) is 10.7. The molecule has 1 aromatic heterocycles. The van der Waals surface area contributed by atoms with Crippen LogP contribution in [-0.4, -0.2) is 74.4 Å². The molecule has 2 aliphatic heterocycles. The van der Waals surface area contributed by atoms with Gasteiger partial charge in [0.2, 0.25) is 10.0 Å². The Morgan fingerprint density at radius 2 is 1.84 bits per heavy atom. The van der Waals surface area contributed by atoms with E-state index in [0.717, 1.165) is 35.7 Å². The number of aromatic nitrogens is 2. The van der Waals surface area contributed by atoms with E-state index in [4.69, 9.17) is 14.7 Å². The number of sulfonamides is 1. The van der Waals surface area contributed by atoms with Gasteiger partial charge in [0.1, 0.15) is 5.82 Å². The number of nitrogens with one attached hydrogen (secondary N) is 2. The summed E-state index contributed by atoms with van der Waals surface area (Å²) in [5.74, 6) is 1.39. The smallest absolute Gasteiger partial charge is 0.319 e. The zero-order valence-electron chi connectivity index (χ0n) is 18.3. The van der Waals surface area contributed by atoms with Crippen LogP contribution in [0.3, 0.4) is 0 Å². The second-order valence-electron chi connectivity index (χ2n) is 7.80. The van der Waals surface area contributed by atoms with Crippen LogP contribution in [0.15, 0.2) is 24.3 Å². The van der Waals surface area contributed by atoms with Gasteiger partial charge in [-0.3, -0.25) is 0 Å². The highest BCUT2D eigenvalue weighted by Crippen LogP contribution is 2.31. The van der Waals surface area contributed by atoms with Crippen LogP contribution < -0.4 is 15.5 Å². The van der Waals surface area contributed by atoms with Gasteiger partial charge in [0.05, 0.1) is 31.7 Å². The van der Waals surface area contributed by atoms with Gasteiger partial charge >= 0.3 is 6.03 Å². The number of nitrogens with zero attached hydrogens (tertiary/aromatic N) is 4. The van der Waals surface area contributed by atoms with Crippen LogP contribution in [0, 0.1) is 0 Å². The minimum Gasteiger partial charge on any atom is -0.378 e. The Balaban J connectivity index is 1.68. The Hall–Kier alpha value is -2.76. The number of fused-ring (bicyclic) bond motifs is 1. The lowest BCUT2D eigenvalue weighted by atomic mass is 10.1. The molecule has 1 fully saturated rings. The molecule has 2 aromatic rings. The zero-order valence-corrected chi connectivity index (χ0v) is 19.1. The fourth-order valence-electron chi connectivity index (χ4n) is 3.87. The van der Waals surface area contributed by atoms with Gasteiger partial charge in [-0.1, -0.05) is 0 Å². The number of urea groups is 1. The first kappa shape index (κ1) is 22.4. The van der Waals surface area contributed by atoms with E-state index in [-0.39, 0.29) is 12.6 Å². The number of rotatable bonds is 5. The van der Waals surface area contributed by atoms with Crippen LogP contribution in [0.1, 0.15) is 18.2 Å². The number of morpholine rings is 1. The third-order valence-electron chi connectivity index (χ3n) is 5.53. The molecule has 2 N–H and O–H groups in total. The van der Waals surface area contributed by atoms with Crippen LogP contribution in [0.4, 0.5) is 16.3 Å². The lowest BCUT2D eigenvalue weighted by molar-refractivity contribution is 0.122. The van der Waals surface area contributed by atoms with E-state index in [9.17, 15) is 13.2 Å². The van der Waals surface area contributed by atoms with Gasteiger partial charge in [0.15, 0.2) is 5.82 Å². The summed E-state index contributed by atoms with van der Waals surface area (Å²) in [6.07, 6.45) is 1.80. The van der Waals surface area contributed by atoms with E-state index >= 15 is 0 Å². The Bertz CT molecular complexity index is 1080. The maximum atomic E-state index is 12.1. The summed E-state index contributed by atoms with van der Waals surface area (Å²) in [5, 5.41) is 5.46. The molecule has 2 aliphatic rings. The molecule has 11 heteroatoms. The Morgan fingerprint density at radius 1 is 1.12 bits per heavy atom. The largest absolute Gasteiger partial charge is 0.378 e. The maximum absolute atomic E-state index is 12.1. The highest BCUT2D eigenvalue weighted by atomic mass is 32.2. The number of benzene rings is 1. The minimum absolute atomic E-state index is 0.234. The van der Waals surface area contributed by atoms with Crippen molar-refractivity contribution in [2.75, 3.05) is 55.9 Å². The number of hydrogen-bond donors (Lipinski definition) is 2. The van der Waals surface area contributed by atoms with Gasteiger partial charge in [0, 0.05) is 43.0 Å². The van der Waals surface area contributed by atoms with E-state index in [0.29, 0.717) is 44.2 Å². The average molecular weight is 461 g/mol. The number of carbonyl (C=O) groups excluding carboxylic acids is 1. The first-order valence-corrected chi connectivity index (χ1v) is 12.5. The molecule has 172 valence electrons. The van der Waals surface area contributed by atoms with Crippen molar-refractivity contribution in [3.05, 3.63) is 35.5 Å². The van der Waals surface area contributed by atoms with Crippen LogP contribution in [0.2, 0.25) is 0 Å². The quantitative estimate of drug-likeness (QED) is 0.693. The first-order chi connectivity index (χ1) is 15.3. The second kappa shape index (κ2) is 9.39. The number of amides is 2. The van der Waals surface area contributed by atoms with Crippen LogP contribution in [0.5, 0.6) is 0 Å². The lowest BCUT2D eigenvalue weighted by Crippen LogP contribution is -2.40. The molecule has 32 heavy (non-hydrogen) atoms. The Labute approximate surface area is 188 Å². The number of carbonyl (C=O) groups is 1. The van der Waals surface area contributed by atoms with Crippen molar-refractivity contribution in [3.63, 3.8) is 0 Å². The summed E-state index contributed by atoms with van der Waals surface area (Å²) in [4.78, 5) is 23.6. The molecule has 0 atom stereocenters. The molecule has 2 amide bonds. The topological polar surface area (TPSA) is 117 Å². The average Bonchev–Trinajstić information content (AvgIpc) is 2.78. The van der Waals surface area contributed by atoms with Crippen molar-refractivity contribution < 1.29 is 17.9 Å². The predicted octanol–water partition coefficient (Wildman–Crippen LogP) is 1.44. The van der Waals surface area contributed by atoms with Gasteiger partial charge in [-0.05, 0) is 37.6 Å². The fraction of sp³-hybridized carbons (Fsp3) is 0.476. The standard InChI is InChI=1S/C21H28N6O4S/c1-3-22-21(28)23-16-6-4-15(5-7-16)19-24-18-14-27(32(2,29)30)9-8-17(18)20(25-19)26-10-12-31-13-11-26/h4-7H,3,8-14H2,1-2H3,(H2,22,23,28). The monoisotopic (exact) mass is 460 g/mol.